The smallest absolute Gasteiger partial charge is 0.255 e. The summed E-state index contributed by atoms with van der Waals surface area (Å²) in [5, 5.41) is 2.89. The first kappa shape index (κ1) is 12.4. The summed E-state index contributed by atoms with van der Waals surface area (Å²) in [6.45, 7) is 2.02. The molecule has 1 aromatic heterocycles. The topological polar surface area (TPSA) is 46.9 Å². The maximum atomic E-state index is 12.2. The van der Waals surface area contributed by atoms with Gasteiger partial charge in [0.15, 0.2) is 0 Å². The average Bonchev–Trinajstić information content (AvgIpc) is 2.82. The Bertz CT molecular complexity index is 772. The molecule has 0 spiro atoms. The second kappa shape index (κ2) is 4.81. The number of carbonyl (C=O) groups is 1. The van der Waals surface area contributed by atoms with E-state index in [1.165, 1.54) is 5.56 Å². The SMILES string of the molecule is Cc1ccc(NC(=O)c2ccc3ncn(C)c3c2)cc1. The van der Waals surface area contributed by atoms with Crippen molar-refractivity contribution in [2.45, 2.75) is 6.92 Å². The molecule has 2 aromatic carbocycles. The monoisotopic (exact) mass is 265 g/mol. The lowest BCUT2D eigenvalue weighted by Crippen LogP contribution is -2.11. The molecule has 0 aliphatic heterocycles. The van der Waals surface area contributed by atoms with Crippen LogP contribution >= 0.6 is 0 Å². The van der Waals surface area contributed by atoms with Crippen molar-refractivity contribution < 1.29 is 4.79 Å². The van der Waals surface area contributed by atoms with E-state index in [9.17, 15) is 4.79 Å². The van der Waals surface area contributed by atoms with Crippen molar-refractivity contribution in [1.29, 1.82) is 0 Å². The third-order valence-corrected chi connectivity index (χ3v) is 3.30. The van der Waals surface area contributed by atoms with Gasteiger partial charge in [-0.1, -0.05) is 17.7 Å². The minimum atomic E-state index is -0.114. The standard InChI is InChI=1S/C16H15N3O/c1-11-3-6-13(7-4-11)18-16(20)12-5-8-14-15(9-12)19(2)10-17-14/h3-10H,1-2H3,(H,18,20). The van der Waals surface area contributed by atoms with Gasteiger partial charge in [0, 0.05) is 18.3 Å². The highest BCUT2D eigenvalue weighted by Crippen LogP contribution is 2.16. The van der Waals surface area contributed by atoms with Gasteiger partial charge < -0.3 is 9.88 Å². The molecule has 0 aliphatic rings. The number of amides is 1. The van der Waals surface area contributed by atoms with Crippen LogP contribution in [0.4, 0.5) is 5.69 Å². The lowest BCUT2D eigenvalue weighted by atomic mass is 10.1. The Labute approximate surface area is 117 Å². The van der Waals surface area contributed by atoms with Crippen LogP contribution in [0.2, 0.25) is 0 Å². The van der Waals surface area contributed by atoms with Gasteiger partial charge in [-0.2, -0.15) is 0 Å². The van der Waals surface area contributed by atoms with Gasteiger partial charge in [-0.25, -0.2) is 4.98 Å². The lowest BCUT2D eigenvalue weighted by Gasteiger charge is -2.06. The van der Waals surface area contributed by atoms with Crippen molar-refractivity contribution in [3.63, 3.8) is 0 Å². The number of nitrogens with one attached hydrogen (secondary N) is 1. The van der Waals surface area contributed by atoms with E-state index in [-0.39, 0.29) is 5.91 Å². The Morgan fingerprint density at radius 3 is 2.65 bits per heavy atom. The molecule has 1 heterocycles. The molecule has 1 N–H and O–H groups in total. The van der Waals surface area contributed by atoms with Crippen LogP contribution in [0, 0.1) is 6.92 Å². The quantitative estimate of drug-likeness (QED) is 0.773. The van der Waals surface area contributed by atoms with Crippen LogP contribution in [0.15, 0.2) is 48.8 Å². The number of aryl methyl sites for hydroxylation is 2. The third kappa shape index (κ3) is 2.28. The Morgan fingerprint density at radius 1 is 1.15 bits per heavy atom. The molecule has 4 heteroatoms. The summed E-state index contributed by atoms with van der Waals surface area (Å²) in [5.74, 6) is -0.114. The number of carbonyl (C=O) groups excluding carboxylic acids is 1. The summed E-state index contributed by atoms with van der Waals surface area (Å²) in [7, 11) is 1.91. The Hall–Kier alpha value is -2.62. The number of nitrogens with zero attached hydrogens (tertiary/aromatic N) is 2. The van der Waals surface area contributed by atoms with Gasteiger partial charge in [-0.15, -0.1) is 0 Å². The maximum Gasteiger partial charge on any atom is 0.255 e. The van der Waals surface area contributed by atoms with E-state index in [1.807, 2.05) is 54.9 Å². The van der Waals surface area contributed by atoms with E-state index < -0.39 is 0 Å². The van der Waals surface area contributed by atoms with Crippen LogP contribution in [-0.4, -0.2) is 15.5 Å². The van der Waals surface area contributed by atoms with Gasteiger partial charge in [-0.3, -0.25) is 4.79 Å². The molecular weight excluding hydrogens is 250 g/mol. The van der Waals surface area contributed by atoms with E-state index in [0.717, 1.165) is 16.7 Å². The van der Waals surface area contributed by atoms with Crippen LogP contribution in [-0.2, 0) is 7.05 Å². The number of imidazole rings is 1. The Kier molecular flexibility index (Phi) is 2.99. The maximum absolute atomic E-state index is 12.2. The molecule has 0 radical (unpaired) electrons. The first-order valence-corrected chi connectivity index (χ1v) is 6.42. The van der Waals surface area contributed by atoms with Crippen molar-refractivity contribution in [3.05, 3.63) is 59.9 Å². The molecule has 100 valence electrons. The summed E-state index contributed by atoms with van der Waals surface area (Å²) in [6.07, 6.45) is 1.74. The van der Waals surface area contributed by atoms with E-state index >= 15 is 0 Å². The second-order valence-electron chi connectivity index (χ2n) is 4.88. The van der Waals surface area contributed by atoms with Crippen LogP contribution in [0.3, 0.4) is 0 Å². The summed E-state index contributed by atoms with van der Waals surface area (Å²) < 4.78 is 1.90. The Balaban J connectivity index is 1.88. The van der Waals surface area contributed by atoms with Gasteiger partial charge in [-0.05, 0) is 37.3 Å². The Morgan fingerprint density at radius 2 is 1.90 bits per heavy atom. The zero-order chi connectivity index (χ0) is 14.1. The molecule has 0 bridgehead atoms. The summed E-state index contributed by atoms with van der Waals surface area (Å²) >= 11 is 0. The largest absolute Gasteiger partial charge is 0.334 e. The van der Waals surface area contributed by atoms with Crippen LogP contribution in [0.1, 0.15) is 15.9 Å². The number of hydrogen-bond donors (Lipinski definition) is 1. The van der Waals surface area contributed by atoms with E-state index in [4.69, 9.17) is 0 Å². The van der Waals surface area contributed by atoms with E-state index in [1.54, 1.807) is 12.4 Å². The lowest BCUT2D eigenvalue weighted by molar-refractivity contribution is 0.102. The number of aromatic nitrogens is 2. The third-order valence-electron chi connectivity index (χ3n) is 3.30. The summed E-state index contributed by atoms with van der Waals surface area (Å²) in [6, 6.07) is 13.2. The van der Waals surface area contributed by atoms with Gasteiger partial charge in [0.05, 0.1) is 17.4 Å². The van der Waals surface area contributed by atoms with Crippen LogP contribution in [0.25, 0.3) is 11.0 Å². The van der Waals surface area contributed by atoms with Crippen molar-refractivity contribution in [1.82, 2.24) is 9.55 Å². The first-order valence-electron chi connectivity index (χ1n) is 6.42. The number of fused-ring (bicyclic) bond motifs is 1. The highest BCUT2D eigenvalue weighted by atomic mass is 16.1. The second-order valence-corrected chi connectivity index (χ2v) is 4.88. The molecule has 0 aliphatic carbocycles. The normalized spacial score (nSPS) is 10.7. The number of hydrogen-bond acceptors (Lipinski definition) is 2. The predicted molar refractivity (Wildman–Crippen MR) is 79.8 cm³/mol. The van der Waals surface area contributed by atoms with Crippen molar-refractivity contribution in [3.8, 4) is 0 Å². The molecule has 3 rings (SSSR count). The molecule has 0 unspecified atom stereocenters. The molecule has 4 nitrogen and oxygen atoms in total. The number of benzene rings is 2. The molecule has 3 aromatic rings. The van der Waals surface area contributed by atoms with Crippen molar-refractivity contribution >= 4 is 22.6 Å². The molecule has 20 heavy (non-hydrogen) atoms. The molecule has 1 amide bonds. The fourth-order valence-corrected chi connectivity index (χ4v) is 2.11. The molecule has 0 atom stereocenters. The van der Waals surface area contributed by atoms with E-state index in [2.05, 4.69) is 10.3 Å². The zero-order valence-corrected chi connectivity index (χ0v) is 11.4. The molecular formula is C16H15N3O. The van der Waals surface area contributed by atoms with Gasteiger partial charge in [0.25, 0.3) is 5.91 Å². The number of anilines is 1. The molecule has 0 fully saturated rings. The van der Waals surface area contributed by atoms with Crippen molar-refractivity contribution in [2.24, 2.45) is 7.05 Å². The first-order chi connectivity index (χ1) is 9.63. The fourth-order valence-electron chi connectivity index (χ4n) is 2.11. The van der Waals surface area contributed by atoms with E-state index in [0.29, 0.717) is 5.56 Å². The van der Waals surface area contributed by atoms with Crippen LogP contribution in [0.5, 0.6) is 0 Å². The van der Waals surface area contributed by atoms with Gasteiger partial charge in [0.1, 0.15) is 0 Å². The average molecular weight is 265 g/mol. The number of rotatable bonds is 2. The van der Waals surface area contributed by atoms with Gasteiger partial charge >= 0.3 is 0 Å². The fraction of sp³-hybridized carbons (Fsp3) is 0.125. The minimum absolute atomic E-state index is 0.114. The minimum Gasteiger partial charge on any atom is -0.334 e. The summed E-state index contributed by atoms with van der Waals surface area (Å²) in [5.41, 5.74) is 4.42. The molecule has 0 saturated heterocycles. The predicted octanol–water partition coefficient (Wildman–Crippen LogP) is 3.13. The highest BCUT2D eigenvalue weighted by molar-refractivity contribution is 6.05. The molecule has 0 saturated carbocycles. The van der Waals surface area contributed by atoms with Crippen molar-refractivity contribution in [2.75, 3.05) is 5.32 Å². The zero-order valence-electron chi connectivity index (χ0n) is 11.4. The van der Waals surface area contributed by atoms with Crippen LogP contribution < -0.4 is 5.32 Å². The highest BCUT2D eigenvalue weighted by Gasteiger charge is 2.08. The van der Waals surface area contributed by atoms with Gasteiger partial charge in [0.2, 0.25) is 0 Å². The summed E-state index contributed by atoms with van der Waals surface area (Å²) in [4.78, 5) is 16.5.